The number of nitrogens with one attached hydrogen (secondary N) is 1. The summed E-state index contributed by atoms with van der Waals surface area (Å²) in [6.07, 6.45) is 1.84. The molecule has 2 aromatic heterocycles. The first-order chi connectivity index (χ1) is 9.22. The van der Waals surface area contributed by atoms with Crippen LogP contribution in [0, 0.1) is 0 Å². The Kier molecular flexibility index (Phi) is 4.64. The minimum atomic E-state index is 0.638. The van der Waals surface area contributed by atoms with Crippen LogP contribution in [0.5, 0.6) is 0 Å². The lowest BCUT2D eigenvalue weighted by Gasteiger charge is -2.18. The van der Waals surface area contributed by atoms with Gasteiger partial charge in [-0.15, -0.1) is 11.3 Å². The molecule has 0 amide bonds. The van der Waals surface area contributed by atoms with Gasteiger partial charge in [-0.1, -0.05) is 6.92 Å². The Morgan fingerprint density at radius 1 is 1.42 bits per heavy atom. The minimum Gasteiger partial charge on any atom is -0.354 e. The highest BCUT2D eigenvalue weighted by Crippen LogP contribution is 2.17. The van der Waals surface area contributed by atoms with Gasteiger partial charge in [-0.25, -0.2) is 20.8 Å². The molecule has 0 aliphatic heterocycles. The number of thiazole rings is 1. The third kappa shape index (κ3) is 3.62. The number of rotatable bonds is 6. The summed E-state index contributed by atoms with van der Waals surface area (Å²) in [6, 6.07) is 1.84. The van der Waals surface area contributed by atoms with Gasteiger partial charge in [0.2, 0.25) is 0 Å². The molecule has 0 fully saturated rings. The van der Waals surface area contributed by atoms with E-state index in [4.69, 9.17) is 5.84 Å². The predicted octanol–water partition coefficient (Wildman–Crippen LogP) is 1.81. The van der Waals surface area contributed by atoms with Crippen molar-refractivity contribution in [2.45, 2.75) is 26.3 Å². The topological polar surface area (TPSA) is 80.0 Å². The van der Waals surface area contributed by atoms with Gasteiger partial charge in [0.1, 0.15) is 17.5 Å². The molecule has 0 bridgehead atoms. The molecule has 0 radical (unpaired) electrons. The quantitative estimate of drug-likeness (QED) is 0.619. The van der Waals surface area contributed by atoms with Crippen molar-refractivity contribution in [2.24, 2.45) is 5.84 Å². The van der Waals surface area contributed by atoms with Gasteiger partial charge >= 0.3 is 0 Å². The molecular formula is C12H18N6S. The number of hydrogen-bond acceptors (Lipinski definition) is 7. The lowest BCUT2D eigenvalue weighted by molar-refractivity contribution is 0.808. The fraction of sp³-hybridized carbons (Fsp3) is 0.417. The molecule has 0 unspecified atom stereocenters. The monoisotopic (exact) mass is 278 g/mol. The third-order valence-electron chi connectivity index (χ3n) is 2.65. The number of nitrogens with two attached hydrogens (primary N) is 1. The number of hydrazine groups is 1. The van der Waals surface area contributed by atoms with E-state index < -0.39 is 0 Å². The van der Waals surface area contributed by atoms with Crippen LogP contribution in [0.15, 0.2) is 17.0 Å². The Morgan fingerprint density at radius 2 is 2.26 bits per heavy atom. The number of aromatic nitrogens is 3. The Labute approximate surface area is 116 Å². The molecule has 0 saturated heterocycles. The third-order valence-corrected chi connectivity index (χ3v) is 3.29. The van der Waals surface area contributed by atoms with E-state index in [2.05, 4.69) is 27.3 Å². The van der Waals surface area contributed by atoms with Crippen molar-refractivity contribution in [2.75, 3.05) is 17.4 Å². The van der Waals surface area contributed by atoms with Crippen LogP contribution in [0.25, 0.3) is 0 Å². The molecule has 0 aliphatic carbocycles. The fourth-order valence-corrected chi connectivity index (χ4v) is 2.28. The first-order valence-electron chi connectivity index (χ1n) is 6.15. The van der Waals surface area contributed by atoms with E-state index in [9.17, 15) is 0 Å². The van der Waals surface area contributed by atoms with Crippen molar-refractivity contribution in [3.8, 4) is 0 Å². The first-order valence-corrected chi connectivity index (χ1v) is 7.10. The fourth-order valence-electron chi connectivity index (χ4n) is 1.73. The zero-order valence-electron chi connectivity index (χ0n) is 11.1. The average molecular weight is 278 g/mol. The van der Waals surface area contributed by atoms with Gasteiger partial charge in [0, 0.05) is 24.9 Å². The molecule has 0 aromatic carbocycles. The standard InChI is InChI=1S/C12H18N6S/c1-3-4-10-15-11(17-13)5-12(16-10)18(2)6-9-7-19-8-14-9/h5,7-8H,3-4,6,13H2,1-2H3,(H,15,16,17). The molecule has 3 N–H and O–H groups in total. The molecule has 102 valence electrons. The Balaban J connectivity index is 2.19. The number of nitrogens with zero attached hydrogens (tertiary/aromatic N) is 4. The van der Waals surface area contributed by atoms with Gasteiger partial charge in [0.05, 0.1) is 17.7 Å². The van der Waals surface area contributed by atoms with E-state index in [-0.39, 0.29) is 0 Å². The predicted molar refractivity (Wildman–Crippen MR) is 78.1 cm³/mol. The molecule has 2 heterocycles. The average Bonchev–Trinajstić information content (AvgIpc) is 2.91. The molecule has 6 nitrogen and oxygen atoms in total. The number of nitrogen functional groups attached to an aromatic ring is 1. The van der Waals surface area contributed by atoms with Crippen LogP contribution in [0.3, 0.4) is 0 Å². The first kappa shape index (κ1) is 13.7. The minimum absolute atomic E-state index is 0.638. The number of hydrogen-bond donors (Lipinski definition) is 2. The second-order valence-electron chi connectivity index (χ2n) is 4.26. The van der Waals surface area contributed by atoms with Crippen LogP contribution >= 0.6 is 11.3 Å². The summed E-state index contributed by atoms with van der Waals surface area (Å²) in [5.74, 6) is 7.74. The van der Waals surface area contributed by atoms with Crippen molar-refractivity contribution in [1.29, 1.82) is 0 Å². The van der Waals surface area contributed by atoms with Gasteiger partial charge in [-0.2, -0.15) is 0 Å². The Morgan fingerprint density at radius 3 is 2.89 bits per heavy atom. The molecule has 7 heteroatoms. The molecule has 0 saturated carbocycles. The van der Waals surface area contributed by atoms with Gasteiger partial charge in [0.25, 0.3) is 0 Å². The number of aryl methyl sites for hydroxylation is 1. The highest BCUT2D eigenvalue weighted by molar-refractivity contribution is 7.07. The van der Waals surface area contributed by atoms with Crippen LogP contribution in [0.2, 0.25) is 0 Å². The molecular weight excluding hydrogens is 260 g/mol. The zero-order valence-corrected chi connectivity index (χ0v) is 11.9. The van der Waals surface area contributed by atoms with Crippen LogP contribution in [-0.2, 0) is 13.0 Å². The molecule has 0 spiro atoms. The van der Waals surface area contributed by atoms with Crippen molar-refractivity contribution < 1.29 is 0 Å². The molecule has 0 atom stereocenters. The SMILES string of the molecule is CCCc1nc(NN)cc(N(C)Cc2cscn2)n1. The summed E-state index contributed by atoms with van der Waals surface area (Å²) in [5, 5.41) is 2.03. The summed E-state index contributed by atoms with van der Waals surface area (Å²) < 4.78 is 0. The van der Waals surface area contributed by atoms with E-state index in [1.54, 1.807) is 11.3 Å². The summed E-state index contributed by atoms with van der Waals surface area (Å²) in [5.41, 5.74) is 5.45. The van der Waals surface area contributed by atoms with E-state index in [0.717, 1.165) is 36.7 Å². The molecule has 2 rings (SSSR count). The Bertz CT molecular complexity index is 513. The summed E-state index contributed by atoms with van der Waals surface area (Å²) in [7, 11) is 1.98. The van der Waals surface area contributed by atoms with E-state index in [1.807, 2.05) is 28.9 Å². The Hall–Kier alpha value is -1.73. The highest BCUT2D eigenvalue weighted by atomic mass is 32.1. The second kappa shape index (κ2) is 6.44. The van der Waals surface area contributed by atoms with Crippen molar-refractivity contribution in [3.63, 3.8) is 0 Å². The van der Waals surface area contributed by atoms with Crippen molar-refractivity contribution >= 4 is 23.0 Å². The maximum atomic E-state index is 5.45. The lowest BCUT2D eigenvalue weighted by atomic mass is 10.3. The highest BCUT2D eigenvalue weighted by Gasteiger charge is 2.09. The second-order valence-corrected chi connectivity index (χ2v) is 4.98. The zero-order chi connectivity index (χ0) is 13.7. The normalized spacial score (nSPS) is 10.5. The van der Waals surface area contributed by atoms with Crippen molar-refractivity contribution in [3.05, 3.63) is 28.5 Å². The molecule has 19 heavy (non-hydrogen) atoms. The maximum absolute atomic E-state index is 5.45. The van der Waals surface area contributed by atoms with Crippen LogP contribution < -0.4 is 16.2 Å². The number of anilines is 2. The van der Waals surface area contributed by atoms with E-state index in [1.165, 1.54) is 0 Å². The molecule has 0 aliphatic rings. The summed E-state index contributed by atoms with van der Waals surface area (Å²) in [4.78, 5) is 15.2. The summed E-state index contributed by atoms with van der Waals surface area (Å²) in [6.45, 7) is 2.82. The van der Waals surface area contributed by atoms with Gasteiger partial charge in [-0.3, -0.25) is 0 Å². The van der Waals surface area contributed by atoms with E-state index in [0.29, 0.717) is 5.82 Å². The van der Waals surface area contributed by atoms with Crippen LogP contribution in [-0.4, -0.2) is 22.0 Å². The smallest absolute Gasteiger partial charge is 0.145 e. The lowest BCUT2D eigenvalue weighted by Crippen LogP contribution is -2.20. The summed E-state index contributed by atoms with van der Waals surface area (Å²) >= 11 is 1.59. The maximum Gasteiger partial charge on any atom is 0.145 e. The van der Waals surface area contributed by atoms with Crippen molar-refractivity contribution in [1.82, 2.24) is 15.0 Å². The van der Waals surface area contributed by atoms with E-state index >= 15 is 0 Å². The van der Waals surface area contributed by atoms with Crippen LogP contribution in [0.4, 0.5) is 11.6 Å². The largest absolute Gasteiger partial charge is 0.354 e. The van der Waals surface area contributed by atoms with Gasteiger partial charge < -0.3 is 10.3 Å². The van der Waals surface area contributed by atoms with Gasteiger partial charge in [0.15, 0.2) is 0 Å². The van der Waals surface area contributed by atoms with Gasteiger partial charge in [-0.05, 0) is 6.42 Å². The van der Waals surface area contributed by atoms with Crippen LogP contribution in [0.1, 0.15) is 24.9 Å². The molecule has 2 aromatic rings.